The van der Waals surface area contributed by atoms with Crippen molar-refractivity contribution in [2.24, 2.45) is 0 Å². The number of rotatable bonds is 2. The fourth-order valence-electron chi connectivity index (χ4n) is 1.95. The van der Waals surface area contributed by atoms with Gasteiger partial charge >= 0.3 is 0 Å². The smallest absolute Gasteiger partial charge is 0.255 e. The van der Waals surface area contributed by atoms with Gasteiger partial charge in [0.25, 0.3) is 5.91 Å². The second-order valence-electron chi connectivity index (χ2n) is 4.38. The molecule has 0 saturated heterocycles. The van der Waals surface area contributed by atoms with Crippen molar-refractivity contribution in [2.45, 2.75) is 6.92 Å². The molecule has 0 radical (unpaired) electrons. The zero-order chi connectivity index (χ0) is 14.1. The van der Waals surface area contributed by atoms with Crippen LogP contribution in [0.25, 0.3) is 10.2 Å². The molecule has 0 bridgehead atoms. The lowest BCUT2D eigenvalue weighted by atomic mass is 10.2. The highest BCUT2D eigenvalue weighted by Gasteiger charge is 2.09. The lowest BCUT2D eigenvalue weighted by molar-refractivity contribution is 0.102. The van der Waals surface area contributed by atoms with Gasteiger partial charge in [0.1, 0.15) is 0 Å². The molecule has 100 valence electrons. The molecule has 2 aromatic carbocycles. The highest BCUT2D eigenvalue weighted by Crippen LogP contribution is 2.23. The van der Waals surface area contributed by atoms with Gasteiger partial charge in [-0.15, -0.1) is 11.3 Å². The molecule has 1 aromatic heterocycles. The molecule has 0 aliphatic carbocycles. The Morgan fingerprint density at radius 2 is 2.10 bits per heavy atom. The van der Waals surface area contributed by atoms with E-state index in [9.17, 15) is 4.79 Å². The van der Waals surface area contributed by atoms with E-state index in [2.05, 4.69) is 26.2 Å². The molecule has 0 atom stereocenters. The first-order valence-corrected chi connectivity index (χ1v) is 7.67. The summed E-state index contributed by atoms with van der Waals surface area (Å²) in [6, 6.07) is 13.1. The standard InChI is InChI=1S/C15H11BrN2OS/c1-9-17-13-7-10(5-6-14(13)20-9)15(19)18-12-4-2-3-11(16)8-12/h2-8H,1H3,(H,18,19). The number of hydrogen-bond acceptors (Lipinski definition) is 3. The van der Waals surface area contributed by atoms with Gasteiger partial charge < -0.3 is 5.32 Å². The molecule has 3 nitrogen and oxygen atoms in total. The van der Waals surface area contributed by atoms with Crippen molar-refractivity contribution < 1.29 is 4.79 Å². The molecule has 0 fully saturated rings. The van der Waals surface area contributed by atoms with Crippen molar-refractivity contribution >= 4 is 49.1 Å². The molecule has 3 aromatic rings. The van der Waals surface area contributed by atoms with Crippen LogP contribution in [0.15, 0.2) is 46.9 Å². The fourth-order valence-corrected chi connectivity index (χ4v) is 3.16. The molecule has 20 heavy (non-hydrogen) atoms. The number of benzene rings is 2. The maximum absolute atomic E-state index is 12.2. The summed E-state index contributed by atoms with van der Waals surface area (Å²) in [4.78, 5) is 16.6. The van der Waals surface area contributed by atoms with Crippen LogP contribution in [0.2, 0.25) is 0 Å². The molecule has 5 heteroatoms. The van der Waals surface area contributed by atoms with E-state index in [1.165, 1.54) is 0 Å². The summed E-state index contributed by atoms with van der Waals surface area (Å²) in [5.41, 5.74) is 2.25. The van der Waals surface area contributed by atoms with Gasteiger partial charge in [0.05, 0.1) is 15.2 Å². The molecule has 0 aliphatic heterocycles. The van der Waals surface area contributed by atoms with Gasteiger partial charge in [-0.2, -0.15) is 0 Å². The minimum atomic E-state index is -0.129. The summed E-state index contributed by atoms with van der Waals surface area (Å²) in [7, 11) is 0. The average Bonchev–Trinajstić information content (AvgIpc) is 2.77. The normalized spacial score (nSPS) is 10.7. The molecule has 0 aliphatic rings. The lowest BCUT2D eigenvalue weighted by Crippen LogP contribution is -2.11. The number of aromatic nitrogens is 1. The maximum atomic E-state index is 12.2. The predicted molar refractivity (Wildman–Crippen MR) is 86.5 cm³/mol. The van der Waals surface area contributed by atoms with Crippen molar-refractivity contribution in [3.63, 3.8) is 0 Å². The van der Waals surface area contributed by atoms with Crippen LogP contribution >= 0.6 is 27.3 Å². The van der Waals surface area contributed by atoms with Crippen LogP contribution in [-0.2, 0) is 0 Å². The van der Waals surface area contributed by atoms with E-state index < -0.39 is 0 Å². The summed E-state index contributed by atoms with van der Waals surface area (Å²) in [6.07, 6.45) is 0. The van der Waals surface area contributed by atoms with Crippen molar-refractivity contribution in [1.82, 2.24) is 4.98 Å². The number of halogens is 1. The quantitative estimate of drug-likeness (QED) is 0.735. The molecular weight excluding hydrogens is 336 g/mol. The van der Waals surface area contributed by atoms with Gasteiger partial charge in [-0.1, -0.05) is 22.0 Å². The molecule has 0 saturated carbocycles. The topological polar surface area (TPSA) is 42.0 Å². The third-order valence-electron chi connectivity index (χ3n) is 2.84. The highest BCUT2D eigenvalue weighted by molar-refractivity contribution is 9.10. The first-order valence-electron chi connectivity index (χ1n) is 6.06. The lowest BCUT2D eigenvalue weighted by Gasteiger charge is -2.05. The average molecular weight is 347 g/mol. The van der Waals surface area contributed by atoms with Crippen molar-refractivity contribution in [3.8, 4) is 0 Å². The second-order valence-corrected chi connectivity index (χ2v) is 6.53. The van der Waals surface area contributed by atoms with Crippen molar-refractivity contribution in [1.29, 1.82) is 0 Å². The van der Waals surface area contributed by atoms with Gasteiger partial charge in [0.15, 0.2) is 0 Å². The van der Waals surface area contributed by atoms with E-state index in [0.717, 1.165) is 25.4 Å². The van der Waals surface area contributed by atoms with E-state index in [4.69, 9.17) is 0 Å². The van der Waals surface area contributed by atoms with Gasteiger partial charge in [0.2, 0.25) is 0 Å². The number of fused-ring (bicyclic) bond motifs is 1. The fraction of sp³-hybridized carbons (Fsp3) is 0.0667. The van der Waals surface area contributed by atoms with Gasteiger partial charge in [-0.3, -0.25) is 4.79 Å². The number of hydrogen-bond donors (Lipinski definition) is 1. The van der Waals surface area contributed by atoms with E-state index in [1.807, 2.05) is 49.4 Å². The number of nitrogens with one attached hydrogen (secondary N) is 1. The van der Waals surface area contributed by atoms with Crippen molar-refractivity contribution in [2.75, 3.05) is 5.32 Å². The van der Waals surface area contributed by atoms with Crippen LogP contribution in [0.5, 0.6) is 0 Å². The Bertz CT molecular complexity index is 797. The second kappa shape index (κ2) is 5.34. The largest absolute Gasteiger partial charge is 0.322 e. The predicted octanol–water partition coefficient (Wildman–Crippen LogP) is 4.62. The molecular formula is C15H11BrN2OS. The first-order chi connectivity index (χ1) is 9.61. The Morgan fingerprint density at radius 3 is 2.90 bits per heavy atom. The van der Waals surface area contributed by atoms with Gasteiger partial charge in [0, 0.05) is 15.7 Å². The Labute approximate surface area is 128 Å². The monoisotopic (exact) mass is 346 g/mol. The maximum Gasteiger partial charge on any atom is 0.255 e. The Kier molecular flexibility index (Phi) is 3.54. The molecule has 0 spiro atoms. The third-order valence-corrected chi connectivity index (χ3v) is 4.28. The summed E-state index contributed by atoms with van der Waals surface area (Å²) >= 11 is 5.01. The van der Waals surface area contributed by atoms with Crippen LogP contribution in [0.4, 0.5) is 5.69 Å². The molecule has 3 rings (SSSR count). The number of carbonyl (C=O) groups is 1. The summed E-state index contributed by atoms with van der Waals surface area (Å²) in [5, 5.41) is 3.88. The zero-order valence-electron chi connectivity index (χ0n) is 10.7. The van der Waals surface area contributed by atoms with Crippen LogP contribution in [0.3, 0.4) is 0 Å². The van der Waals surface area contributed by atoms with Crippen LogP contribution in [0.1, 0.15) is 15.4 Å². The van der Waals surface area contributed by atoms with E-state index in [0.29, 0.717) is 5.56 Å². The number of carbonyl (C=O) groups excluding carboxylic acids is 1. The molecule has 1 N–H and O–H groups in total. The SMILES string of the molecule is Cc1nc2cc(C(=O)Nc3cccc(Br)c3)ccc2s1. The van der Waals surface area contributed by atoms with Crippen molar-refractivity contribution in [3.05, 3.63) is 57.5 Å². The van der Waals surface area contributed by atoms with Gasteiger partial charge in [-0.05, 0) is 43.3 Å². The zero-order valence-corrected chi connectivity index (χ0v) is 13.1. The molecule has 1 amide bonds. The number of amides is 1. The number of aryl methyl sites for hydroxylation is 1. The molecule has 1 heterocycles. The summed E-state index contributed by atoms with van der Waals surface area (Å²) in [5.74, 6) is -0.129. The first kappa shape index (κ1) is 13.3. The number of thiazole rings is 1. The minimum Gasteiger partial charge on any atom is -0.322 e. The third kappa shape index (κ3) is 2.73. The van der Waals surface area contributed by atoms with Gasteiger partial charge in [-0.25, -0.2) is 4.98 Å². The highest BCUT2D eigenvalue weighted by atomic mass is 79.9. The summed E-state index contributed by atoms with van der Waals surface area (Å²) in [6.45, 7) is 1.96. The van der Waals surface area contributed by atoms with Crippen LogP contribution in [0, 0.1) is 6.92 Å². The molecule has 0 unspecified atom stereocenters. The van der Waals surface area contributed by atoms with Crippen LogP contribution < -0.4 is 5.32 Å². The van der Waals surface area contributed by atoms with Crippen LogP contribution in [-0.4, -0.2) is 10.9 Å². The number of anilines is 1. The Hall–Kier alpha value is -1.72. The van der Waals surface area contributed by atoms with E-state index >= 15 is 0 Å². The summed E-state index contributed by atoms with van der Waals surface area (Å²) < 4.78 is 2.03. The van der Waals surface area contributed by atoms with E-state index in [1.54, 1.807) is 11.3 Å². The minimum absolute atomic E-state index is 0.129. The Balaban J connectivity index is 1.88. The Morgan fingerprint density at radius 1 is 1.25 bits per heavy atom. The number of nitrogens with zero attached hydrogens (tertiary/aromatic N) is 1. The van der Waals surface area contributed by atoms with E-state index in [-0.39, 0.29) is 5.91 Å².